The minimum Gasteiger partial charge on any atom is -0.465 e. The highest BCUT2D eigenvalue weighted by Crippen LogP contribution is 2.33. The fraction of sp³-hybridized carbons (Fsp3) is 0.350. The normalized spacial score (nSPS) is 11.0. The SMILES string of the molecule is COC(=O)c1cccc(C(C)C)c1-c1ccc(C(C)C)cc1. The second-order valence-electron chi connectivity index (χ2n) is 6.19. The summed E-state index contributed by atoms with van der Waals surface area (Å²) >= 11 is 0. The molecule has 2 rings (SSSR count). The van der Waals surface area contributed by atoms with Gasteiger partial charge in [0.1, 0.15) is 0 Å². The van der Waals surface area contributed by atoms with Gasteiger partial charge >= 0.3 is 5.97 Å². The summed E-state index contributed by atoms with van der Waals surface area (Å²) in [6.45, 7) is 8.64. The molecule has 0 bridgehead atoms. The van der Waals surface area contributed by atoms with Crippen LogP contribution in [0.5, 0.6) is 0 Å². The Balaban J connectivity index is 2.63. The lowest BCUT2D eigenvalue weighted by Gasteiger charge is -2.17. The Bertz CT molecular complexity index is 652. The first-order chi connectivity index (χ1) is 10.5. The van der Waals surface area contributed by atoms with Crippen LogP contribution >= 0.6 is 0 Å². The highest BCUT2D eigenvalue weighted by molar-refractivity contribution is 5.98. The third-order valence-electron chi connectivity index (χ3n) is 3.99. The van der Waals surface area contributed by atoms with E-state index in [0.717, 1.165) is 11.1 Å². The molecule has 0 atom stereocenters. The fourth-order valence-electron chi connectivity index (χ4n) is 2.69. The molecule has 116 valence electrons. The van der Waals surface area contributed by atoms with Crippen molar-refractivity contribution >= 4 is 5.97 Å². The maximum Gasteiger partial charge on any atom is 0.338 e. The van der Waals surface area contributed by atoms with Crippen molar-refractivity contribution in [2.75, 3.05) is 7.11 Å². The topological polar surface area (TPSA) is 26.3 Å². The van der Waals surface area contributed by atoms with Crippen LogP contribution in [0.3, 0.4) is 0 Å². The summed E-state index contributed by atoms with van der Waals surface area (Å²) in [6, 6.07) is 14.3. The molecule has 0 spiro atoms. The zero-order chi connectivity index (χ0) is 16.3. The van der Waals surface area contributed by atoms with Gasteiger partial charge in [-0.15, -0.1) is 0 Å². The molecule has 0 aliphatic heterocycles. The Hall–Kier alpha value is -2.09. The third kappa shape index (κ3) is 3.22. The summed E-state index contributed by atoms with van der Waals surface area (Å²) in [4.78, 5) is 12.1. The van der Waals surface area contributed by atoms with Crippen LogP contribution in [0.2, 0.25) is 0 Å². The highest BCUT2D eigenvalue weighted by atomic mass is 16.5. The van der Waals surface area contributed by atoms with Gasteiger partial charge in [-0.1, -0.05) is 64.1 Å². The van der Waals surface area contributed by atoms with E-state index >= 15 is 0 Å². The number of carbonyl (C=O) groups is 1. The van der Waals surface area contributed by atoms with E-state index in [1.54, 1.807) is 0 Å². The van der Waals surface area contributed by atoms with Gasteiger partial charge in [-0.3, -0.25) is 0 Å². The lowest BCUT2D eigenvalue weighted by molar-refractivity contribution is 0.0601. The molecule has 0 amide bonds. The average molecular weight is 296 g/mol. The molecular formula is C20H24O2. The molecule has 0 radical (unpaired) electrons. The van der Waals surface area contributed by atoms with Crippen LogP contribution in [0.15, 0.2) is 42.5 Å². The largest absolute Gasteiger partial charge is 0.465 e. The number of methoxy groups -OCH3 is 1. The Kier molecular flexibility index (Phi) is 5.02. The summed E-state index contributed by atoms with van der Waals surface area (Å²) in [7, 11) is 1.43. The molecule has 2 heteroatoms. The predicted octanol–water partition coefficient (Wildman–Crippen LogP) is 5.39. The number of hydrogen-bond donors (Lipinski definition) is 0. The molecule has 2 aromatic carbocycles. The van der Waals surface area contributed by atoms with Gasteiger partial charge in [0, 0.05) is 0 Å². The van der Waals surface area contributed by atoms with Crippen LogP contribution in [-0.4, -0.2) is 13.1 Å². The van der Waals surface area contributed by atoms with E-state index in [9.17, 15) is 4.79 Å². The van der Waals surface area contributed by atoms with E-state index in [1.165, 1.54) is 18.2 Å². The quantitative estimate of drug-likeness (QED) is 0.707. The monoisotopic (exact) mass is 296 g/mol. The Morgan fingerprint density at radius 3 is 2.05 bits per heavy atom. The van der Waals surface area contributed by atoms with E-state index in [-0.39, 0.29) is 5.97 Å². The summed E-state index contributed by atoms with van der Waals surface area (Å²) in [5.41, 5.74) is 5.14. The van der Waals surface area contributed by atoms with E-state index in [1.807, 2.05) is 12.1 Å². The van der Waals surface area contributed by atoms with Gasteiger partial charge in [0.2, 0.25) is 0 Å². The van der Waals surface area contributed by atoms with Gasteiger partial charge in [-0.2, -0.15) is 0 Å². The van der Waals surface area contributed by atoms with Gasteiger partial charge in [0.25, 0.3) is 0 Å². The third-order valence-corrected chi connectivity index (χ3v) is 3.99. The molecule has 0 saturated heterocycles. The van der Waals surface area contributed by atoms with Gasteiger partial charge in [0.15, 0.2) is 0 Å². The summed E-state index contributed by atoms with van der Waals surface area (Å²) < 4.78 is 4.96. The highest BCUT2D eigenvalue weighted by Gasteiger charge is 2.18. The second-order valence-corrected chi connectivity index (χ2v) is 6.19. The number of esters is 1. The van der Waals surface area contributed by atoms with Crippen molar-refractivity contribution in [3.05, 3.63) is 59.2 Å². The van der Waals surface area contributed by atoms with Crippen molar-refractivity contribution in [2.45, 2.75) is 39.5 Å². The summed E-state index contributed by atoms with van der Waals surface area (Å²) in [5, 5.41) is 0. The van der Waals surface area contributed by atoms with E-state index in [2.05, 4.69) is 58.0 Å². The van der Waals surface area contributed by atoms with Crippen molar-refractivity contribution in [1.29, 1.82) is 0 Å². The molecule has 0 aromatic heterocycles. The van der Waals surface area contributed by atoms with E-state index < -0.39 is 0 Å². The van der Waals surface area contributed by atoms with Crippen LogP contribution in [0, 0.1) is 0 Å². The van der Waals surface area contributed by atoms with Crippen LogP contribution in [0.4, 0.5) is 0 Å². The zero-order valence-electron chi connectivity index (χ0n) is 14.0. The van der Waals surface area contributed by atoms with Crippen LogP contribution in [0.25, 0.3) is 11.1 Å². The van der Waals surface area contributed by atoms with Crippen molar-refractivity contribution in [2.24, 2.45) is 0 Å². The Labute approximate surface area is 133 Å². The Morgan fingerprint density at radius 1 is 0.909 bits per heavy atom. The van der Waals surface area contributed by atoms with Gasteiger partial charge in [-0.25, -0.2) is 4.79 Å². The minimum absolute atomic E-state index is 0.287. The predicted molar refractivity (Wildman–Crippen MR) is 91.4 cm³/mol. The molecule has 0 heterocycles. The van der Waals surface area contributed by atoms with Crippen molar-refractivity contribution < 1.29 is 9.53 Å². The lowest BCUT2D eigenvalue weighted by Crippen LogP contribution is -2.06. The van der Waals surface area contributed by atoms with Crippen LogP contribution in [-0.2, 0) is 4.74 Å². The molecule has 0 aliphatic rings. The van der Waals surface area contributed by atoms with E-state index in [0.29, 0.717) is 17.4 Å². The lowest BCUT2D eigenvalue weighted by atomic mass is 9.88. The second kappa shape index (κ2) is 6.78. The Morgan fingerprint density at radius 2 is 1.55 bits per heavy atom. The smallest absolute Gasteiger partial charge is 0.338 e. The molecule has 2 nitrogen and oxygen atoms in total. The molecular weight excluding hydrogens is 272 g/mol. The summed E-state index contributed by atoms with van der Waals surface area (Å²) in [5.74, 6) is 0.546. The van der Waals surface area contributed by atoms with Crippen molar-refractivity contribution in [3.8, 4) is 11.1 Å². The minimum atomic E-state index is -0.287. The summed E-state index contributed by atoms with van der Waals surface area (Å²) in [6.07, 6.45) is 0. The molecule has 2 aromatic rings. The van der Waals surface area contributed by atoms with Crippen molar-refractivity contribution in [3.63, 3.8) is 0 Å². The van der Waals surface area contributed by atoms with Gasteiger partial charge < -0.3 is 4.74 Å². The number of rotatable bonds is 4. The van der Waals surface area contributed by atoms with Crippen LogP contribution < -0.4 is 0 Å². The zero-order valence-corrected chi connectivity index (χ0v) is 14.0. The van der Waals surface area contributed by atoms with Crippen LogP contribution in [0.1, 0.15) is 61.0 Å². The number of ether oxygens (including phenoxy) is 1. The fourth-order valence-corrected chi connectivity index (χ4v) is 2.69. The average Bonchev–Trinajstić information content (AvgIpc) is 2.53. The maximum atomic E-state index is 12.1. The molecule has 22 heavy (non-hydrogen) atoms. The van der Waals surface area contributed by atoms with Gasteiger partial charge in [-0.05, 0) is 40.2 Å². The van der Waals surface area contributed by atoms with E-state index in [4.69, 9.17) is 4.74 Å². The molecule has 0 saturated carbocycles. The van der Waals surface area contributed by atoms with Crippen molar-refractivity contribution in [1.82, 2.24) is 0 Å². The first-order valence-electron chi connectivity index (χ1n) is 7.77. The molecule has 0 unspecified atom stereocenters. The molecule has 0 N–H and O–H groups in total. The van der Waals surface area contributed by atoms with Gasteiger partial charge in [0.05, 0.1) is 12.7 Å². The first kappa shape index (κ1) is 16.3. The number of hydrogen-bond acceptors (Lipinski definition) is 2. The first-order valence-corrected chi connectivity index (χ1v) is 7.77. The molecule has 0 fully saturated rings. The standard InChI is InChI=1S/C20H24O2/c1-13(2)15-9-11-16(12-10-15)19-17(14(3)4)7-6-8-18(19)20(21)22-5/h6-14H,1-5H3. The number of benzene rings is 2. The molecule has 0 aliphatic carbocycles. The number of carbonyl (C=O) groups excluding carboxylic acids is 1. The maximum absolute atomic E-state index is 12.1.